The number of carboxylic acid groups (broad SMARTS) is 1. The molecule has 0 saturated carbocycles. The van der Waals surface area contributed by atoms with E-state index < -0.39 is 5.97 Å². The van der Waals surface area contributed by atoms with Crippen LogP contribution in [0.2, 0.25) is 0 Å². The van der Waals surface area contributed by atoms with Crippen molar-refractivity contribution in [3.8, 4) is 5.75 Å². The lowest BCUT2D eigenvalue weighted by molar-refractivity contribution is 0.0690. The van der Waals surface area contributed by atoms with Crippen molar-refractivity contribution in [2.45, 2.75) is 31.8 Å². The molecule has 170 valence electrons. The number of likely N-dealkylation sites (tertiary alicyclic amines) is 1. The van der Waals surface area contributed by atoms with Crippen LogP contribution in [0.15, 0.2) is 72.8 Å². The molecule has 0 spiro atoms. The summed E-state index contributed by atoms with van der Waals surface area (Å²) in [6.45, 7) is 2.08. The first-order valence-corrected chi connectivity index (χ1v) is 11.2. The van der Waals surface area contributed by atoms with Gasteiger partial charge in [-0.15, -0.1) is 0 Å². The summed E-state index contributed by atoms with van der Waals surface area (Å²) in [5.74, 6) is -0.625. The Morgan fingerprint density at radius 3 is 2.18 bits per heavy atom. The Hall–Kier alpha value is -3.64. The number of nitrogens with one attached hydrogen (secondary N) is 1. The van der Waals surface area contributed by atoms with Gasteiger partial charge in [0, 0.05) is 31.2 Å². The number of phenolic OH excluding ortho intramolecular Hbond substituents is 1. The predicted octanol–water partition coefficient (Wildman–Crippen LogP) is 4.08. The highest BCUT2D eigenvalue weighted by Gasteiger charge is 2.23. The SMILES string of the molecule is O=C(O)c1ccc(CNC2CCN(C(=O)c3cccc(Cc4cccc(O)c4)c3)CC2)cc1. The Bertz CT molecular complexity index is 1120. The molecule has 0 atom stereocenters. The number of carbonyl (C=O) groups is 2. The zero-order valence-corrected chi connectivity index (χ0v) is 18.4. The average molecular weight is 445 g/mol. The highest BCUT2D eigenvalue weighted by atomic mass is 16.4. The molecule has 0 aliphatic carbocycles. The first-order chi connectivity index (χ1) is 16.0. The molecule has 3 aromatic carbocycles. The van der Waals surface area contributed by atoms with Crippen molar-refractivity contribution in [2.75, 3.05) is 13.1 Å². The second kappa shape index (κ2) is 10.3. The van der Waals surface area contributed by atoms with Crippen molar-refractivity contribution < 1.29 is 19.8 Å². The molecule has 6 heteroatoms. The number of hydrogen-bond acceptors (Lipinski definition) is 4. The number of nitrogens with zero attached hydrogens (tertiary/aromatic N) is 1. The van der Waals surface area contributed by atoms with E-state index in [1.54, 1.807) is 24.3 Å². The summed E-state index contributed by atoms with van der Waals surface area (Å²) in [7, 11) is 0. The molecule has 3 aromatic rings. The monoisotopic (exact) mass is 444 g/mol. The van der Waals surface area contributed by atoms with E-state index in [-0.39, 0.29) is 17.2 Å². The first kappa shape index (κ1) is 22.6. The highest BCUT2D eigenvalue weighted by molar-refractivity contribution is 5.94. The number of aromatic carboxylic acids is 1. The number of phenols is 1. The van der Waals surface area contributed by atoms with E-state index in [0.717, 1.165) is 29.5 Å². The highest BCUT2D eigenvalue weighted by Crippen LogP contribution is 2.19. The summed E-state index contributed by atoms with van der Waals surface area (Å²) < 4.78 is 0. The van der Waals surface area contributed by atoms with Crippen molar-refractivity contribution in [2.24, 2.45) is 0 Å². The van der Waals surface area contributed by atoms with Gasteiger partial charge >= 0.3 is 5.97 Å². The smallest absolute Gasteiger partial charge is 0.335 e. The van der Waals surface area contributed by atoms with Gasteiger partial charge in [-0.05, 0) is 72.4 Å². The predicted molar refractivity (Wildman–Crippen MR) is 127 cm³/mol. The summed E-state index contributed by atoms with van der Waals surface area (Å²) in [5, 5.41) is 22.2. The lowest BCUT2D eigenvalue weighted by atomic mass is 10.0. The summed E-state index contributed by atoms with van der Waals surface area (Å²) in [5.41, 5.74) is 4.07. The zero-order valence-electron chi connectivity index (χ0n) is 18.4. The third-order valence-corrected chi connectivity index (χ3v) is 6.07. The van der Waals surface area contributed by atoms with E-state index in [4.69, 9.17) is 5.11 Å². The van der Waals surface area contributed by atoms with Crippen LogP contribution in [0.5, 0.6) is 5.75 Å². The molecule has 0 bridgehead atoms. The molecule has 3 N–H and O–H groups in total. The second-order valence-electron chi connectivity index (χ2n) is 8.50. The lowest BCUT2D eigenvalue weighted by Gasteiger charge is -2.32. The molecule has 1 heterocycles. The minimum atomic E-state index is -0.920. The standard InChI is InChI=1S/C27H28N2O4/c30-25-6-2-4-21(17-25)15-20-3-1-5-23(16-20)26(31)29-13-11-24(12-14-29)28-18-19-7-9-22(10-8-19)27(32)33/h1-10,16-17,24,28,30H,11-15,18H2,(H,32,33). The lowest BCUT2D eigenvalue weighted by Crippen LogP contribution is -2.44. The maximum Gasteiger partial charge on any atom is 0.335 e. The Morgan fingerprint density at radius 2 is 1.52 bits per heavy atom. The fourth-order valence-corrected chi connectivity index (χ4v) is 4.21. The number of rotatable bonds is 7. The van der Waals surface area contributed by atoms with Gasteiger partial charge in [-0.2, -0.15) is 0 Å². The van der Waals surface area contributed by atoms with Gasteiger partial charge in [0.15, 0.2) is 0 Å². The molecule has 6 nitrogen and oxygen atoms in total. The molecule has 33 heavy (non-hydrogen) atoms. The van der Waals surface area contributed by atoms with Crippen LogP contribution in [-0.4, -0.2) is 46.1 Å². The average Bonchev–Trinajstić information content (AvgIpc) is 2.83. The topological polar surface area (TPSA) is 89.9 Å². The molecule has 0 radical (unpaired) electrons. The summed E-state index contributed by atoms with van der Waals surface area (Å²) >= 11 is 0. The number of amides is 1. The van der Waals surface area contributed by atoms with E-state index in [0.29, 0.717) is 37.7 Å². The zero-order chi connectivity index (χ0) is 23.2. The van der Waals surface area contributed by atoms with Crippen LogP contribution in [0, 0.1) is 0 Å². The van der Waals surface area contributed by atoms with Gasteiger partial charge in [-0.1, -0.05) is 36.4 Å². The molecular weight excluding hydrogens is 416 g/mol. The molecule has 1 fully saturated rings. The Balaban J connectivity index is 1.29. The number of carboxylic acids is 1. The molecule has 1 amide bonds. The number of carbonyl (C=O) groups excluding carboxylic acids is 1. The van der Waals surface area contributed by atoms with Crippen LogP contribution in [0.1, 0.15) is 50.2 Å². The number of hydrogen-bond donors (Lipinski definition) is 3. The normalized spacial score (nSPS) is 14.2. The van der Waals surface area contributed by atoms with Gasteiger partial charge in [0.05, 0.1) is 5.56 Å². The Kier molecular flexibility index (Phi) is 7.05. The molecule has 1 aliphatic rings. The minimum Gasteiger partial charge on any atom is -0.508 e. The van der Waals surface area contributed by atoms with Crippen molar-refractivity contribution >= 4 is 11.9 Å². The van der Waals surface area contributed by atoms with Crippen LogP contribution in [0.4, 0.5) is 0 Å². The van der Waals surface area contributed by atoms with Gasteiger partial charge in [0.25, 0.3) is 5.91 Å². The molecule has 1 saturated heterocycles. The minimum absolute atomic E-state index is 0.0514. The maximum atomic E-state index is 13.0. The van der Waals surface area contributed by atoms with Gasteiger partial charge in [0.1, 0.15) is 5.75 Å². The third kappa shape index (κ3) is 5.99. The van der Waals surface area contributed by atoms with Crippen molar-refractivity contribution in [1.82, 2.24) is 10.2 Å². The van der Waals surface area contributed by atoms with Gasteiger partial charge in [0.2, 0.25) is 0 Å². The quantitative estimate of drug-likeness (QED) is 0.511. The van der Waals surface area contributed by atoms with Gasteiger partial charge < -0.3 is 20.4 Å². The fourth-order valence-electron chi connectivity index (χ4n) is 4.21. The van der Waals surface area contributed by atoms with E-state index >= 15 is 0 Å². The Labute approximate surface area is 193 Å². The fraction of sp³-hybridized carbons (Fsp3) is 0.259. The summed E-state index contributed by atoms with van der Waals surface area (Å²) in [4.78, 5) is 25.9. The number of aromatic hydroxyl groups is 1. The second-order valence-corrected chi connectivity index (χ2v) is 8.50. The van der Waals surface area contributed by atoms with Crippen LogP contribution in [0.3, 0.4) is 0 Å². The molecule has 0 aromatic heterocycles. The van der Waals surface area contributed by atoms with Crippen molar-refractivity contribution in [3.63, 3.8) is 0 Å². The van der Waals surface area contributed by atoms with Crippen LogP contribution >= 0.6 is 0 Å². The van der Waals surface area contributed by atoms with E-state index in [9.17, 15) is 14.7 Å². The summed E-state index contributed by atoms with van der Waals surface area (Å²) in [6.07, 6.45) is 2.42. The molecule has 1 aliphatic heterocycles. The number of piperidine rings is 1. The molecule has 0 unspecified atom stereocenters. The van der Waals surface area contributed by atoms with Gasteiger partial charge in [-0.3, -0.25) is 4.79 Å². The first-order valence-electron chi connectivity index (χ1n) is 11.2. The van der Waals surface area contributed by atoms with E-state index in [2.05, 4.69) is 5.32 Å². The summed E-state index contributed by atoms with van der Waals surface area (Å²) in [6, 6.07) is 22.1. The number of benzene rings is 3. The molecule has 4 rings (SSSR count). The van der Waals surface area contributed by atoms with Crippen LogP contribution in [0.25, 0.3) is 0 Å². The molecular formula is C27H28N2O4. The van der Waals surface area contributed by atoms with Crippen LogP contribution < -0.4 is 5.32 Å². The van der Waals surface area contributed by atoms with Gasteiger partial charge in [-0.25, -0.2) is 4.79 Å². The largest absolute Gasteiger partial charge is 0.508 e. The van der Waals surface area contributed by atoms with E-state index in [1.807, 2.05) is 53.4 Å². The van der Waals surface area contributed by atoms with Crippen molar-refractivity contribution in [1.29, 1.82) is 0 Å². The van der Waals surface area contributed by atoms with Crippen LogP contribution in [-0.2, 0) is 13.0 Å². The van der Waals surface area contributed by atoms with Crippen molar-refractivity contribution in [3.05, 3.63) is 101 Å². The Morgan fingerprint density at radius 1 is 0.848 bits per heavy atom. The third-order valence-electron chi connectivity index (χ3n) is 6.07. The maximum absolute atomic E-state index is 13.0. The van der Waals surface area contributed by atoms with E-state index in [1.165, 1.54) is 0 Å².